The maximum atomic E-state index is 12.1. The maximum Gasteiger partial charge on any atom is 0.328 e. The van der Waals surface area contributed by atoms with E-state index in [1.165, 1.54) is 25.4 Å². The van der Waals surface area contributed by atoms with E-state index in [1.807, 2.05) is 0 Å². The minimum Gasteiger partial charge on any atom is -0.467 e. The topological polar surface area (TPSA) is 120 Å². The average molecular weight is 519 g/mol. The molecule has 1 N–H and O–H groups in total. The lowest BCUT2D eigenvalue weighted by Crippen LogP contribution is -2.40. The molecular formula is C22H20Cl2N6O3S. The molecule has 1 amide bonds. The molecule has 0 aliphatic heterocycles. The number of amides is 1. The summed E-state index contributed by atoms with van der Waals surface area (Å²) in [5.41, 5.74) is 2.02. The summed E-state index contributed by atoms with van der Waals surface area (Å²) in [4.78, 5) is 30.1. The van der Waals surface area contributed by atoms with Gasteiger partial charge in [-0.25, -0.2) is 9.78 Å². The number of benzene rings is 2. The van der Waals surface area contributed by atoms with Crippen molar-refractivity contribution in [1.29, 1.82) is 5.26 Å². The van der Waals surface area contributed by atoms with Crippen LogP contribution in [0.3, 0.4) is 0 Å². The first kappa shape index (κ1) is 25.4. The maximum absolute atomic E-state index is 12.1. The number of methoxy groups -OCH3 is 1. The van der Waals surface area contributed by atoms with Gasteiger partial charge in [0.05, 0.1) is 45.5 Å². The minimum absolute atomic E-state index is 0.197. The molecular weight excluding hydrogens is 499 g/mol. The summed E-state index contributed by atoms with van der Waals surface area (Å²) in [7, 11) is 1.30. The van der Waals surface area contributed by atoms with E-state index in [2.05, 4.69) is 26.6 Å². The van der Waals surface area contributed by atoms with Gasteiger partial charge in [0.2, 0.25) is 11.0 Å². The second-order valence-electron chi connectivity index (χ2n) is 7.09. The highest BCUT2D eigenvalue weighted by Gasteiger charge is 2.23. The lowest BCUT2D eigenvalue weighted by Gasteiger charge is -2.29. The van der Waals surface area contributed by atoms with Crippen LogP contribution in [0.4, 0.5) is 22.2 Å². The Kier molecular flexibility index (Phi) is 8.39. The standard InChI is InChI=1S/C22H20Cl2N6O3S/c1-12(21(32)33-3)30(10-4-9-25)14-5-7-16(18(11-14)26-13(2)31)28-29-22-27-17-8-6-15(23)19(24)20(17)34-22/h5-8,11-12H,4,10H2,1-3H3,(H,26,31). The third-order valence-electron chi connectivity index (χ3n) is 4.78. The van der Waals surface area contributed by atoms with E-state index in [9.17, 15) is 9.59 Å². The van der Waals surface area contributed by atoms with Crippen LogP contribution in [0.15, 0.2) is 40.6 Å². The predicted molar refractivity (Wildman–Crippen MR) is 134 cm³/mol. The Hall–Kier alpha value is -3.26. The van der Waals surface area contributed by atoms with Crippen LogP contribution in [0.25, 0.3) is 10.2 Å². The number of fused-ring (bicyclic) bond motifs is 1. The van der Waals surface area contributed by atoms with Crippen molar-refractivity contribution in [2.75, 3.05) is 23.9 Å². The van der Waals surface area contributed by atoms with Crippen LogP contribution in [-0.2, 0) is 14.3 Å². The quantitative estimate of drug-likeness (QED) is 0.277. The molecule has 34 heavy (non-hydrogen) atoms. The molecule has 2 aromatic carbocycles. The zero-order chi connectivity index (χ0) is 24.8. The van der Waals surface area contributed by atoms with E-state index in [0.717, 1.165) is 0 Å². The van der Waals surface area contributed by atoms with Crippen molar-refractivity contribution in [1.82, 2.24) is 4.98 Å². The number of aromatic nitrogens is 1. The van der Waals surface area contributed by atoms with E-state index in [0.29, 0.717) is 49.0 Å². The van der Waals surface area contributed by atoms with Crippen LogP contribution in [0.2, 0.25) is 10.0 Å². The molecule has 0 fully saturated rings. The number of hydrogen-bond donors (Lipinski definition) is 1. The summed E-state index contributed by atoms with van der Waals surface area (Å²) >= 11 is 13.5. The van der Waals surface area contributed by atoms with Crippen molar-refractivity contribution in [3.63, 3.8) is 0 Å². The molecule has 3 aromatic rings. The van der Waals surface area contributed by atoms with Crippen molar-refractivity contribution >= 4 is 78.8 Å². The van der Waals surface area contributed by atoms with Crippen LogP contribution in [0, 0.1) is 11.3 Å². The summed E-state index contributed by atoms with van der Waals surface area (Å²) in [6, 6.07) is 9.89. The van der Waals surface area contributed by atoms with E-state index < -0.39 is 12.0 Å². The van der Waals surface area contributed by atoms with E-state index in [-0.39, 0.29) is 12.3 Å². The number of carbonyl (C=O) groups is 2. The van der Waals surface area contributed by atoms with Crippen LogP contribution in [0.5, 0.6) is 0 Å². The summed E-state index contributed by atoms with van der Waals surface area (Å²) in [5.74, 6) is -0.753. The molecule has 3 rings (SSSR count). The molecule has 1 aromatic heterocycles. The third-order valence-corrected chi connectivity index (χ3v) is 6.67. The molecule has 1 atom stereocenters. The number of azo groups is 1. The molecule has 0 aliphatic carbocycles. The lowest BCUT2D eigenvalue weighted by atomic mass is 10.1. The van der Waals surface area contributed by atoms with Gasteiger partial charge in [0.15, 0.2) is 0 Å². The zero-order valence-corrected chi connectivity index (χ0v) is 20.8. The number of halogens is 2. The van der Waals surface area contributed by atoms with Crippen molar-refractivity contribution < 1.29 is 14.3 Å². The molecule has 9 nitrogen and oxygen atoms in total. The number of anilines is 2. The number of rotatable bonds is 8. The summed E-state index contributed by atoms with van der Waals surface area (Å²) in [6.45, 7) is 3.35. The van der Waals surface area contributed by atoms with Crippen molar-refractivity contribution in [3.05, 3.63) is 40.4 Å². The molecule has 1 unspecified atom stereocenters. The normalized spacial score (nSPS) is 11.9. The number of hydrogen-bond acceptors (Lipinski definition) is 9. The Morgan fingerprint density at radius 1 is 1.29 bits per heavy atom. The highest BCUT2D eigenvalue weighted by Crippen LogP contribution is 2.39. The Balaban J connectivity index is 1.98. The first-order valence-corrected chi connectivity index (χ1v) is 11.6. The number of ether oxygens (including phenoxy) is 1. The van der Waals surface area contributed by atoms with Crippen molar-refractivity contribution in [3.8, 4) is 6.07 Å². The van der Waals surface area contributed by atoms with Crippen LogP contribution in [-0.4, -0.2) is 36.6 Å². The predicted octanol–water partition coefficient (Wildman–Crippen LogP) is 6.26. The fourth-order valence-electron chi connectivity index (χ4n) is 3.16. The molecule has 0 aliphatic rings. The van der Waals surface area contributed by atoms with Gasteiger partial charge in [-0.15, -0.1) is 10.2 Å². The summed E-state index contributed by atoms with van der Waals surface area (Å²) < 4.78 is 5.55. The highest BCUT2D eigenvalue weighted by molar-refractivity contribution is 7.22. The molecule has 0 saturated heterocycles. The second-order valence-corrected chi connectivity index (χ2v) is 8.85. The van der Waals surface area contributed by atoms with E-state index in [4.69, 9.17) is 33.2 Å². The molecule has 0 saturated carbocycles. The second kappa shape index (κ2) is 11.2. The van der Waals surface area contributed by atoms with Gasteiger partial charge in [0, 0.05) is 19.2 Å². The van der Waals surface area contributed by atoms with E-state index in [1.54, 1.807) is 42.2 Å². The average Bonchev–Trinajstić information content (AvgIpc) is 3.24. The van der Waals surface area contributed by atoms with Gasteiger partial charge in [-0.2, -0.15) is 5.26 Å². The lowest BCUT2D eigenvalue weighted by molar-refractivity contribution is -0.141. The fraction of sp³-hybridized carbons (Fsp3) is 0.273. The number of nitrogens with one attached hydrogen (secondary N) is 1. The number of nitrogens with zero attached hydrogens (tertiary/aromatic N) is 5. The Labute approximate surface area is 210 Å². The molecule has 0 spiro atoms. The smallest absolute Gasteiger partial charge is 0.328 e. The van der Waals surface area contributed by atoms with Gasteiger partial charge in [0.25, 0.3) is 0 Å². The van der Waals surface area contributed by atoms with Crippen LogP contribution < -0.4 is 10.2 Å². The fourth-order valence-corrected chi connectivity index (χ4v) is 4.47. The van der Waals surface area contributed by atoms with E-state index >= 15 is 0 Å². The first-order chi connectivity index (χ1) is 16.2. The Morgan fingerprint density at radius 3 is 2.74 bits per heavy atom. The summed E-state index contributed by atoms with van der Waals surface area (Å²) in [6.07, 6.45) is 0.197. The van der Waals surface area contributed by atoms with Crippen molar-refractivity contribution in [2.24, 2.45) is 10.2 Å². The van der Waals surface area contributed by atoms with Gasteiger partial charge in [-0.1, -0.05) is 34.5 Å². The van der Waals surface area contributed by atoms with Crippen LogP contribution in [0.1, 0.15) is 20.3 Å². The highest BCUT2D eigenvalue weighted by atomic mass is 35.5. The Morgan fingerprint density at radius 2 is 2.06 bits per heavy atom. The van der Waals surface area contributed by atoms with Crippen molar-refractivity contribution in [2.45, 2.75) is 26.3 Å². The monoisotopic (exact) mass is 518 g/mol. The number of nitriles is 1. The molecule has 1 heterocycles. The number of carbonyl (C=O) groups excluding carboxylic acids is 2. The first-order valence-electron chi connectivity index (χ1n) is 10.0. The molecule has 176 valence electrons. The summed E-state index contributed by atoms with van der Waals surface area (Å²) in [5, 5.41) is 21.4. The van der Waals surface area contributed by atoms with Gasteiger partial charge in [-0.3, -0.25) is 4.79 Å². The van der Waals surface area contributed by atoms with Gasteiger partial charge in [-0.05, 0) is 37.3 Å². The number of thiazole rings is 1. The zero-order valence-electron chi connectivity index (χ0n) is 18.5. The molecule has 0 radical (unpaired) electrons. The number of esters is 1. The van der Waals surface area contributed by atoms with Gasteiger partial charge in [0.1, 0.15) is 11.7 Å². The molecule has 12 heteroatoms. The largest absolute Gasteiger partial charge is 0.467 e. The molecule has 0 bridgehead atoms. The van der Waals surface area contributed by atoms with Gasteiger partial charge >= 0.3 is 5.97 Å². The minimum atomic E-state index is -0.643. The Bertz CT molecular complexity index is 1300. The van der Waals surface area contributed by atoms with Gasteiger partial charge < -0.3 is 15.0 Å². The SMILES string of the molecule is COC(=O)C(C)N(CCC#N)c1ccc(N=Nc2nc3ccc(Cl)c(Cl)c3s2)c(NC(C)=O)c1. The third kappa shape index (κ3) is 5.80. The van der Waals surface area contributed by atoms with Crippen LogP contribution >= 0.6 is 34.5 Å².